The highest BCUT2D eigenvalue weighted by atomic mass is 15.2. The van der Waals surface area contributed by atoms with Gasteiger partial charge in [-0.3, -0.25) is 0 Å². The molecule has 1 fully saturated rings. The lowest BCUT2D eigenvalue weighted by atomic mass is 10.0. The van der Waals surface area contributed by atoms with Gasteiger partial charge in [-0.05, 0) is 49.9 Å². The molecule has 0 radical (unpaired) electrons. The van der Waals surface area contributed by atoms with E-state index in [9.17, 15) is 0 Å². The standard InChI is InChI=1S/C15H25N3/c1-12(2)11-13-5-4-8-17-15(13)18(3)14-6-9-16-10-7-14/h4-5,8,12,14,16H,6-7,9-11H2,1-3H3. The van der Waals surface area contributed by atoms with Gasteiger partial charge in [0.2, 0.25) is 0 Å². The molecule has 1 N–H and O–H groups in total. The molecule has 1 aliphatic heterocycles. The highest BCUT2D eigenvalue weighted by Gasteiger charge is 2.20. The van der Waals surface area contributed by atoms with Crippen LogP contribution in [-0.4, -0.2) is 31.2 Å². The molecule has 0 spiro atoms. The van der Waals surface area contributed by atoms with Gasteiger partial charge in [0.1, 0.15) is 5.82 Å². The number of rotatable bonds is 4. The van der Waals surface area contributed by atoms with Crippen molar-refractivity contribution in [2.75, 3.05) is 25.0 Å². The first-order valence-electron chi connectivity index (χ1n) is 7.06. The summed E-state index contributed by atoms with van der Waals surface area (Å²) in [6, 6.07) is 4.91. The fourth-order valence-electron chi connectivity index (χ4n) is 2.71. The van der Waals surface area contributed by atoms with E-state index in [1.165, 1.54) is 24.2 Å². The lowest BCUT2D eigenvalue weighted by molar-refractivity contribution is 0.440. The fraction of sp³-hybridized carbons (Fsp3) is 0.667. The SMILES string of the molecule is CC(C)Cc1cccnc1N(C)C1CCNCC1. The van der Waals surface area contributed by atoms with Crippen LogP contribution in [0.1, 0.15) is 32.3 Å². The molecule has 0 bridgehead atoms. The van der Waals surface area contributed by atoms with Gasteiger partial charge in [0.15, 0.2) is 0 Å². The van der Waals surface area contributed by atoms with Crippen molar-refractivity contribution in [3.8, 4) is 0 Å². The van der Waals surface area contributed by atoms with Gasteiger partial charge in [-0.1, -0.05) is 19.9 Å². The Morgan fingerprint density at radius 3 is 2.78 bits per heavy atom. The Balaban J connectivity index is 2.15. The van der Waals surface area contributed by atoms with Crippen LogP contribution in [0.5, 0.6) is 0 Å². The van der Waals surface area contributed by atoms with Crippen LogP contribution in [0.15, 0.2) is 18.3 Å². The van der Waals surface area contributed by atoms with Crippen LogP contribution in [0, 0.1) is 5.92 Å². The third-order valence-electron chi connectivity index (χ3n) is 3.69. The van der Waals surface area contributed by atoms with Crippen molar-refractivity contribution >= 4 is 5.82 Å². The Morgan fingerprint density at radius 2 is 2.11 bits per heavy atom. The highest BCUT2D eigenvalue weighted by molar-refractivity contribution is 5.47. The maximum atomic E-state index is 4.61. The average molecular weight is 247 g/mol. The van der Waals surface area contributed by atoms with Crippen LogP contribution in [0.2, 0.25) is 0 Å². The molecule has 1 aromatic rings. The minimum Gasteiger partial charge on any atom is -0.356 e. The van der Waals surface area contributed by atoms with E-state index in [0.717, 1.165) is 19.5 Å². The maximum absolute atomic E-state index is 4.61. The minimum absolute atomic E-state index is 0.632. The Labute approximate surface area is 111 Å². The molecule has 0 aliphatic carbocycles. The number of hydrogen-bond donors (Lipinski definition) is 1. The second kappa shape index (κ2) is 6.19. The number of aromatic nitrogens is 1. The number of piperidine rings is 1. The van der Waals surface area contributed by atoms with E-state index in [2.05, 4.69) is 48.2 Å². The van der Waals surface area contributed by atoms with Crippen molar-refractivity contribution in [2.24, 2.45) is 5.92 Å². The van der Waals surface area contributed by atoms with Gasteiger partial charge in [0, 0.05) is 19.3 Å². The zero-order chi connectivity index (χ0) is 13.0. The van der Waals surface area contributed by atoms with Crippen molar-refractivity contribution in [1.29, 1.82) is 0 Å². The third kappa shape index (κ3) is 3.22. The zero-order valence-corrected chi connectivity index (χ0v) is 11.8. The van der Waals surface area contributed by atoms with E-state index in [1.54, 1.807) is 0 Å². The molecule has 1 saturated heterocycles. The highest BCUT2D eigenvalue weighted by Crippen LogP contribution is 2.23. The first-order valence-corrected chi connectivity index (χ1v) is 7.06. The van der Waals surface area contributed by atoms with Crippen LogP contribution < -0.4 is 10.2 Å². The normalized spacial score (nSPS) is 17.1. The molecule has 0 atom stereocenters. The van der Waals surface area contributed by atoms with Crippen molar-refractivity contribution in [2.45, 2.75) is 39.2 Å². The van der Waals surface area contributed by atoms with Crippen molar-refractivity contribution in [3.63, 3.8) is 0 Å². The monoisotopic (exact) mass is 247 g/mol. The van der Waals surface area contributed by atoms with Gasteiger partial charge in [0.05, 0.1) is 0 Å². The second-order valence-corrected chi connectivity index (χ2v) is 5.68. The van der Waals surface area contributed by atoms with E-state index in [-0.39, 0.29) is 0 Å². The molecular formula is C15H25N3. The summed E-state index contributed by atoms with van der Waals surface area (Å²) in [6.07, 6.45) is 5.46. The van der Waals surface area contributed by atoms with Crippen molar-refractivity contribution in [3.05, 3.63) is 23.9 Å². The molecule has 1 aromatic heterocycles. The molecule has 0 amide bonds. The van der Waals surface area contributed by atoms with Crippen molar-refractivity contribution < 1.29 is 0 Å². The Bertz CT molecular complexity index is 370. The number of nitrogens with zero attached hydrogens (tertiary/aromatic N) is 2. The van der Waals surface area contributed by atoms with Crippen LogP contribution in [0.3, 0.4) is 0 Å². The maximum Gasteiger partial charge on any atom is 0.131 e. The lowest BCUT2D eigenvalue weighted by Crippen LogP contribution is -2.41. The second-order valence-electron chi connectivity index (χ2n) is 5.68. The predicted octanol–water partition coefficient (Wildman–Crippen LogP) is 2.47. The summed E-state index contributed by atoms with van der Waals surface area (Å²) in [5.74, 6) is 1.85. The molecule has 0 unspecified atom stereocenters. The van der Waals surface area contributed by atoms with Crippen LogP contribution in [0.25, 0.3) is 0 Å². The predicted molar refractivity (Wildman–Crippen MR) is 77.1 cm³/mol. The van der Waals surface area contributed by atoms with Crippen LogP contribution >= 0.6 is 0 Å². The number of pyridine rings is 1. The summed E-state index contributed by atoms with van der Waals surface area (Å²) in [7, 11) is 2.20. The molecule has 18 heavy (non-hydrogen) atoms. The van der Waals surface area contributed by atoms with E-state index >= 15 is 0 Å². The quantitative estimate of drug-likeness (QED) is 0.886. The molecule has 3 heteroatoms. The van der Waals surface area contributed by atoms with Gasteiger partial charge in [-0.25, -0.2) is 4.98 Å². The summed E-state index contributed by atoms with van der Waals surface area (Å²) in [5.41, 5.74) is 1.38. The first-order chi connectivity index (χ1) is 8.68. The van der Waals surface area contributed by atoms with E-state index in [4.69, 9.17) is 0 Å². The average Bonchev–Trinajstić information content (AvgIpc) is 2.39. The Kier molecular flexibility index (Phi) is 4.59. The summed E-state index contributed by atoms with van der Waals surface area (Å²) in [5, 5.41) is 3.42. The topological polar surface area (TPSA) is 28.2 Å². The molecule has 0 aromatic carbocycles. The van der Waals surface area contributed by atoms with Crippen molar-refractivity contribution in [1.82, 2.24) is 10.3 Å². The number of hydrogen-bond acceptors (Lipinski definition) is 3. The molecule has 0 saturated carbocycles. The summed E-state index contributed by atoms with van der Waals surface area (Å²) < 4.78 is 0. The molecular weight excluding hydrogens is 222 g/mol. The zero-order valence-electron chi connectivity index (χ0n) is 11.8. The Morgan fingerprint density at radius 1 is 1.39 bits per heavy atom. The van der Waals surface area contributed by atoms with Gasteiger partial charge >= 0.3 is 0 Å². The molecule has 100 valence electrons. The smallest absolute Gasteiger partial charge is 0.131 e. The summed E-state index contributed by atoms with van der Waals surface area (Å²) in [4.78, 5) is 7.00. The van der Waals surface area contributed by atoms with Gasteiger partial charge < -0.3 is 10.2 Å². The molecule has 2 rings (SSSR count). The van der Waals surface area contributed by atoms with Gasteiger partial charge in [-0.15, -0.1) is 0 Å². The van der Waals surface area contributed by atoms with E-state index < -0.39 is 0 Å². The minimum atomic E-state index is 0.632. The lowest BCUT2D eigenvalue weighted by Gasteiger charge is -2.33. The van der Waals surface area contributed by atoms with Crippen LogP contribution in [0.4, 0.5) is 5.82 Å². The van der Waals surface area contributed by atoms with E-state index in [0.29, 0.717) is 12.0 Å². The molecule has 2 heterocycles. The number of anilines is 1. The number of nitrogens with one attached hydrogen (secondary N) is 1. The summed E-state index contributed by atoms with van der Waals surface area (Å²) in [6.45, 7) is 6.78. The Hall–Kier alpha value is -1.09. The fourth-order valence-corrected chi connectivity index (χ4v) is 2.71. The molecule has 1 aliphatic rings. The third-order valence-corrected chi connectivity index (χ3v) is 3.69. The van der Waals surface area contributed by atoms with Crippen LogP contribution in [-0.2, 0) is 6.42 Å². The largest absolute Gasteiger partial charge is 0.356 e. The van der Waals surface area contributed by atoms with E-state index in [1.807, 2.05) is 6.20 Å². The first kappa shape index (κ1) is 13.3. The molecule has 3 nitrogen and oxygen atoms in total. The van der Waals surface area contributed by atoms with Gasteiger partial charge in [0.25, 0.3) is 0 Å². The van der Waals surface area contributed by atoms with Gasteiger partial charge in [-0.2, -0.15) is 0 Å². The summed E-state index contributed by atoms with van der Waals surface area (Å²) >= 11 is 0.